The quantitative estimate of drug-likeness (QED) is 0.469. The maximum atomic E-state index is 11.9. The van der Waals surface area contributed by atoms with Crippen molar-refractivity contribution >= 4 is 29.2 Å². The van der Waals surface area contributed by atoms with Crippen LogP contribution < -0.4 is 10.2 Å². The smallest absolute Gasteiger partial charge is 0.478 e. The molecule has 10 heteroatoms. The lowest BCUT2D eigenvalue weighted by atomic mass is 10.1. The molecule has 0 saturated heterocycles. The second-order valence-corrected chi connectivity index (χ2v) is 6.99. The van der Waals surface area contributed by atoms with Crippen molar-refractivity contribution in [3.63, 3.8) is 0 Å². The first-order valence-corrected chi connectivity index (χ1v) is 10.3. The topological polar surface area (TPSA) is 107 Å². The van der Waals surface area contributed by atoms with Crippen molar-refractivity contribution in [3.8, 4) is 0 Å². The van der Waals surface area contributed by atoms with E-state index in [9.17, 15) is 27.9 Å². The second kappa shape index (κ2) is 13.1. The van der Waals surface area contributed by atoms with Gasteiger partial charge in [-0.25, -0.2) is 9.59 Å². The summed E-state index contributed by atoms with van der Waals surface area (Å²) in [6.07, 6.45) is -2.89. The summed E-state index contributed by atoms with van der Waals surface area (Å²) in [5.74, 6) is -3.85. The van der Waals surface area contributed by atoms with Crippen molar-refractivity contribution in [1.82, 2.24) is 0 Å². The Morgan fingerprint density at radius 3 is 2.09 bits per heavy atom. The molecule has 7 nitrogen and oxygen atoms in total. The molecular weight excluding hydrogens is 441 g/mol. The number of alkyl halides is 3. The fraction of sp³-hybridized carbons (Fsp3) is 0.348. The highest BCUT2D eigenvalue weighted by molar-refractivity contribution is 5.98. The summed E-state index contributed by atoms with van der Waals surface area (Å²) in [5.41, 5.74) is 2.47. The Labute approximate surface area is 189 Å². The first kappa shape index (κ1) is 27.5. The number of benzene rings is 2. The van der Waals surface area contributed by atoms with E-state index in [2.05, 4.69) is 5.32 Å². The molecule has 0 unspecified atom stereocenters. The van der Waals surface area contributed by atoms with Gasteiger partial charge in [0.25, 0.3) is 0 Å². The highest BCUT2D eigenvalue weighted by atomic mass is 19.4. The fourth-order valence-electron chi connectivity index (χ4n) is 2.79. The number of nitrogens with zero attached hydrogens (tertiary/aromatic N) is 1. The first-order chi connectivity index (χ1) is 15.5. The van der Waals surface area contributed by atoms with Crippen LogP contribution in [0.1, 0.15) is 49.0 Å². The Hall–Kier alpha value is -3.56. The van der Waals surface area contributed by atoms with Crippen LogP contribution in [0.2, 0.25) is 0 Å². The molecule has 0 aliphatic rings. The van der Waals surface area contributed by atoms with Gasteiger partial charge >= 0.3 is 18.1 Å². The van der Waals surface area contributed by atoms with E-state index in [0.29, 0.717) is 30.9 Å². The zero-order valence-electron chi connectivity index (χ0n) is 18.4. The van der Waals surface area contributed by atoms with E-state index in [1.165, 1.54) is 6.07 Å². The highest BCUT2D eigenvalue weighted by Crippen LogP contribution is 2.26. The Bertz CT molecular complexity index is 933. The largest absolute Gasteiger partial charge is 0.490 e. The molecule has 2 rings (SSSR count). The number of aliphatic carboxylic acids is 1. The summed E-state index contributed by atoms with van der Waals surface area (Å²) >= 11 is 0. The second-order valence-electron chi connectivity index (χ2n) is 6.99. The number of carboxylic acids is 2. The molecule has 0 bridgehead atoms. The van der Waals surface area contributed by atoms with Gasteiger partial charge in [-0.1, -0.05) is 43.7 Å². The Balaban J connectivity index is 0.000000675. The molecular formula is C23H27F3N2O5. The number of carbonyl (C=O) groups is 3. The zero-order chi connectivity index (χ0) is 25.0. The maximum absolute atomic E-state index is 11.9. The van der Waals surface area contributed by atoms with Gasteiger partial charge in [-0.2, -0.15) is 13.2 Å². The number of hydrogen-bond donors (Lipinski definition) is 3. The van der Waals surface area contributed by atoms with E-state index >= 15 is 0 Å². The molecule has 0 aliphatic heterocycles. The van der Waals surface area contributed by atoms with Crippen LogP contribution in [-0.2, 0) is 16.1 Å². The van der Waals surface area contributed by atoms with Crippen LogP contribution in [0.25, 0.3) is 0 Å². The third kappa shape index (κ3) is 9.63. The van der Waals surface area contributed by atoms with Crippen molar-refractivity contribution in [2.24, 2.45) is 0 Å². The molecule has 0 heterocycles. The average Bonchev–Trinajstić information content (AvgIpc) is 2.76. The van der Waals surface area contributed by atoms with Crippen LogP contribution in [-0.4, -0.2) is 40.8 Å². The number of halogens is 3. The maximum Gasteiger partial charge on any atom is 0.490 e. The molecule has 2 aromatic carbocycles. The van der Waals surface area contributed by atoms with Gasteiger partial charge in [0, 0.05) is 25.2 Å². The van der Waals surface area contributed by atoms with Gasteiger partial charge in [-0.3, -0.25) is 4.79 Å². The van der Waals surface area contributed by atoms with Gasteiger partial charge in [-0.15, -0.1) is 0 Å². The molecule has 0 aromatic heterocycles. The van der Waals surface area contributed by atoms with Crippen LogP contribution in [0.5, 0.6) is 0 Å². The normalized spacial score (nSPS) is 10.6. The number of carboxylic acid groups (broad SMARTS) is 2. The van der Waals surface area contributed by atoms with E-state index in [1.54, 1.807) is 12.1 Å². The van der Waals surface area contributed by atoms with Gasteiger partial charge < -0.3 is 20.4 Å². The van der Waals surface area contributed by atoms with Crippen LogP contribution in [0.15, 0.2) is 48.5 Å². The lowest BCUT2D eigenvalue weighted by Crippen LogP contribution is -2.24. The summed E-state index contributed by atoms with van der Waals surface area (Å²) < 4.78 is 31.7. The molecule has 2 aromatic rings. The van der Waals surface area contributed by atoms with Crippen molar-refractivity contribution in [2.75, 3.05) is 16.8 Å². The number of rotatable bonds is 9. The molecule has 0 atom stereocenters. The van der Waals surface area contributed by atoms with Gasteiger partial charge in [0.05, 0.1) is 11.3 Å². The number of carbonyl (C=O) groups excluding carboxylic acids is 1. The van der Waals surface area contributed by atoms with Crippen molar-refractivity contribution in [2.45, 2.75) is 45.8 Å². The molecule has 0 spiro atoms. The van der Waals surface area contributed by atoms with Gasteiger partial charge in [0.15, 0.2) is 0 Å². The molecule has 33 heavy (non-hydrogen) atoms. The minimum atomic E-state index is -5.08. The van der Waals surface area contributed by atoms with Gasteiger partial charge in [0.2, 0.25) is 5.91 Å². The minimum absolute atomic E-state index is 0.0902. The number of hydrogen-bond acceptors (Lipinski definition) is 4. The fourth-order valence-corrected chi connectivity index (χ4v) is 2.79. The zero-order valence-corrected chi connectivity index (χ0v) is 18.4. The molecule has 0 fully saturated rings. The van der Waals surface area contributed by atoms with E-state index in [1.807, 2.05) is 49.1 Å². The number of amides is 1. The van der Waals surface area contributed by atoms with Crippen LogP contribution in [0.3, 0.4) is 0 Å². The number of unbranched alkanes of at least 4 members (excludes halogenated alkanes) is 1. The lowest BCUT2D eigenvalue weighted by molar-refractivity contribution is -0.192. The SMILES string of the molecule is CCCCC(=O)Nc1ccc(N(CC)Cc2ccccc2)c(C(=O)O)c1.O=C(O)C(F)(F)F. The molecule has 0 radical (unpaired) electrons. The van der Waals surface area contributed by atoms with E-state index < -0.39 is 18.1 Å². The van der Waals surface area contributed by atoms with Crippen molar-refractivity contribution in [3.05, 3.63) is 59.7 Å². The van der Waals surface area contributed by atoms with Crippen LogP contribution in [0, 0.1) is 0 Å². The van der Waals surface area contributed by atoms with Gasteiger partial charge in [0.1, 0.15) is 0 Å². The summed E-state index contributed by atoms with van der Waals surface area (Å²) in [6.45, 7) is 5.32. The number of aromatic carboxylic acids is 1. The molecule has 180 valence electrons. The Morgan fingerprint density at radius 1 is 1.00 bits per heavy atom. The summed E-state index contributed by atoms with van der Waals surface area (Å²) in [4.78, 5) is 34.6. The Morgan fingerprint density at radius 2 is 1.61 bits per heavy atom. The molecule has 3 N–H and O–H groups in total. The third-order valence-electron chi connectivity index (χ3n) is 4.45. The summed E-state index contributed by atoms with van der Waals surface area (Å²) in [6, 6.07) is 15.0. The molecule has 0 saturated carbocycles. The van der Waals surface area contributed by atoms with Crippen molar-refractivity contribution < 1.29 is 37.8 Å². The summed E-state index contributed by atoms with van der Waals surface area (Å²) in [5, 5.41) is 19.5. The third-order valence-corrected chi connectivity index (χ3v) is 4.45. The standard InChI is InChI=1S/C21H26N2O3.C2HF3O2/c1-3-5-11-20(24)22-17-12-13-19(18(14-17)21(25)26)23(4-2)15-16-9-7-6-8-10-16;3-2(4,5)1(6)7/h6-10,12-14H,3-5,11,15H2,1-2H3,(H,22,24)(H,25,26);(H,6,7). The average molecular weight is 468 g/mol. The van der Waals surface area contributed by atoms with E-state index in [-0.39, 0.29) is 11.5 Å². The van der Waals surface area contributed by atoms with E-state index in [0.717, 1.165) is 18.4 Å². The summed E-state index contributed by atoms with van der Waals surface area (Å²) in [7, 11) is 0. The van der Waals surface area contributed by atoms with Crippen molar-refractivity contribution in [1.29, 1.82) is 0 Å². The minimum Gasteiger partial charge on any atom is -0.478 e. The lowest BCUT2D eigenvalue weighted by Gasteiger charge is -2.25. The molecule has 0 aliphatic carbocycles. The Kier molecular flexibility index (Phi) is 10.9. The van der Waals surface area contributed by atoms with Gasteiger partial charge in [-0.05, 0) is 37.1 Å². The highest BCUT2D eigenvalue weighted by Gasteiger charge is 2.38. The predicted octanol–water partition coefficient (Wildman–Crippen LogP) is 5.17. The first-order valence-electron chi connectivity index (χ1n) is 10.3. The monoisotopic (exact) mass is 468 g/mol. The number of anilines is 2. The van der Waals surface area contributed by atoms with Crippen LogP contribution >= 0.6 is 0 Å². The van der Waals surface area contributed by atoms with E-state index in [4.69, 9.17) is 9.90 Å². The predicted molar refractivity (Wildman–Crippen MR) is 118 cm³/mol. The van der Waals surface area contributed by atoms with Crippen LogP contribution in [0.4, 0.5) is 24.5 Å². The molecule has 1 amide bonds. The number of nitrogens with one attached hydrogen (secondary N) is 1.